The summed E-state index contributed by atoms with van der Waals surface area (Å²) in [4.78, 5) is 0. The molecule has 1 saturated carbocycles. The van der Waals surface area contributed by atoms with Crippen molar-refractivity contribution >= 4 is 0 Å². The molecule has 1 aromatic heterocycles. The van der Waals surface area contributed by atoms with E-state index in [1.165, 1.54) is 12.8 Å². The molecule has 106 valence electrons. The van der Waals surface area contributed by atoms with Gasteiger partial charge in [0.1, 0.15) is 12.2 Å². The molecule has 1 aliphatic carbocycles. The predicted octanol–water partition coefficient (Wildman–Crippen LogP) is 2.67. The summed E-state index contributed by atoms with van der Waals surface area (Å²) < 4.78 is 2.10. The molecule has 0 radical (unpaired) electrons. The average Bonchev–Trinajstić information content (AvgIpc) is 2.99. The lowest BCUT2D eigenvalue weighted by atomic mass is 9.70. The van der Waals surface area contributed by atoms with Gasteiger partial charge < -0.3 is 5.73 Å². The van der Waals surface area contributed by atoms with Gasteiger partial charge in [0.15, 0.2) is 0 Å². The molecule has 3 rings (SSSR count). The van der Waals surface area contributed by atoms with Crippen molar-refractivity contribution in [1.82, 2.24) is 14.8 Å². The lowest BCUT2D eigenvalue weighted by molar-refractivity contribution is 0.234. The van der Waals surface area contributed by atoms with Crippen molar-refractivity contribution < 1.29 is 0 Å². The maximum absolute atomic E-state index is 6.14. The summed E-state index contributed by atoms with van der Waals surface area (Å²) in [6, 6.07) is 10.3. The smallest absolute Gasteiger partial charge is 0.144 e. The summed E-state index contributed by atoms with van der Waals surface area (Å²) in [5.74, 6) is 1.82. The molecule has 0 aliphatic heterocycles. The van der Waals surface area contributed by atoms with Gasteiger partial charge in [-0.3, -0.25) is 4.57 Å². The van der Waals surface area contributed by atoms with Gasteiger partial charge in [0.2, 0.25) is 0 Å². The first-order chi connectivity index (χ1) is 9.75. The van der Waals surface area contributed by atoms with Crippen LogP contribution >= 0.6 is 0 Å². The van der Waals surface area contributed by atoms with E-state index in [4.69, 9.17) is 5.73 Å². The van der Waals surface area contributed by atoms with Crippen LogP contribution in [0.5, 0.6) is 0 Å². The summed E-state index contributed by atoms with van der Waals surface area (Å²) in [7, 11) is 0. The van der Waals surface area contributed by atoms with Gasteiger partial charge in [0, 0.05) is 17.6 Å². The van der Waals surface area contributed by atoms with Gasteiger partial charge in [-0.2, -0.15) is 0 Å². The first-order valence-electron chi connectivity index (χ1n) is 7.41. The monoisotopic (exact) mass is 270 g/mol. The first kappa shape index (κ1) is 13.3. The Balaban J connectivity index is 2.00. The Morgan fingerprint density at radius 3 is 2.60 bits per heavy atom. The Bertz CT molecular complexity index is 553. The highest BCUT2D eigenvalue weighted by Gasteiger charge is 2.38. The molecule has 0 saturated heterocycles. The largest absolute Gasteiger partial charge is 0.329 e. The third kappa shape index (κ3) is 2.24. The number of nitrogens with two attached hydrogens (primary N) is 1. The molecule has 1 aliphatic rings. The molecular formula is C16H22N4. The fraction of sp³-hybridized carbons (Fsp3) is 0.500. The topological polar surface area (TPSA) is 56.7 Å². The molecule has 4 heteroatoms. The Kier molecular flexibility index (Phi) is 3.57. The Morgan fingerprint density at radius 1 is 1.25 bits per heavy atom. The average molecular weight is 270 g/mol. The number of hydrogen-bond acceptors (Lipinski definition) is 3. The van der Waals surface area contributed by atoms with Crippen molar-refractivity contribution in [2.24, 2.45) is 11.7 Å². The van der Waals surface area contributed by atoms with Crippen LogP contribution in [0.15, 0.2) is 36.7 Å². The second kappa shape index (κ2) is 5.37. The molecule has 0 amide bonds. The van der Waals surface area contributed by atoms with E-state index in [-0.39, 0.29) is 5.41 Å². The molecule has 0 unspecified atom stereocenters. The summed E-state index contributed by atoms with van der Waals surface area (Å²) in [5, 5.41) is 8.56. The fourth-order valence-corrected chi connectivity index (χ4v) is 3.21. The lowest BCUT2D eigenvalue weighted by Crippen LogP contribution is -2.40. The zero-order valence-corrected chi connectivity index (χ0v) is 12.0. The quantitative estimate of drug-likeness (QED) is 0.933. The van der Waals surface area contributed by atoms with E-state index >= 15 is 0 Å². The van der Waals surface area contributed by atoms with Gasteiger partial charge in [0.05, 0.1) is 0 Å². The zero-order valence-electron chi connectivity index (χ0n) is 12.0. The predicted molar refractivity (Wildman–Crippen MR) is 79.7 cm³/mol. The van der Waals surface area contributed by atoms with Gasteiger partial charge in [-0.1, -0.05) is 25.1 Å². The van der Waals surface area contributed by atoms with Crippen molar-refractivity contribution in [1.29, 1.82) is 0 Å². The minimum Gasteiger partial charge on any atom is -0.329 e. The minimum absolute atomic E-state index is 0.0150. The van der Waals surface area contributed by atoms with E-state index in [0.717, 1.165) is 30.3 Å². The standard InChI is InChI=1S/C16H22N4/c1-13-7-9-16(11-17,10-8-13)15-19-18-12-20(15)14-5-3-2-4-6-14/h2-6,12-13H,7-11,17H2,1H3. The maximum Gasteiger partial charge on any atom is 0.144 e. The van der Waals surface area contributed by atoms with E-state index in [1.54, 1.807) is 6.33 Å². The van der Waals surface area contributed by atoms with Crippen molar-refractivity contribution in [2.45, 2.75) is 38.0 Å². The molecule has 2 aromatic rings. The van der Waals surface area contributed by atoms with Crippen LogP contribution in [0, 0.1) is 5.92 Å². The number of para-hydroxylation sites is 1. The summed E-state index contributed by atoms with van der Waals surface area (Å²) in [6.07, 6.45) is 6.46. The highest BCUT2D eigenvalue weighted by atomic mass is 15.3. The number of aromatic nitrogens is 3. The Labute approximate surface area is 120 Å². The molecule has 0 bridgehead atoms. The molecule has 0 spiro atoms. The van der Waals surface area contributed by atoms with Crippen LogP contribution in [-0.4, -0.2) is 21.3 Å². The van der Waals surface area contributed by atoms with Crippen LogP contribution < -0.4 is 5.73 Å². The molecule has 1 aromatic carbocycles. The van der Waals surface area contributed by atoms with Crippen LogP contribution in [0.25, 0.3) is 5.69 Å². The second-order valence-corrected chi connectivity index (χ2v) is 6.03. The van der Waals surface area contributed by atoms with Crippen LogP contribution in [0.2, 0.25) is 0 Å². The molecule has 0 atom stereocenters. The zero-order chi connectivity index (χ0) is 14.0. The number of nitrogens with zero attached hydrogens (tertiary/aromatic N) is 3. The van der Waals surface area contributed by atoms with Crippen molar-refractivity contribution in [3.8, 4) is 5.69 Å². The van der Waals surface area contributed by atoms with E-state index in [0.29, 0.717) is 6.54 Å². The third-order valence-corrected chi connectivity index (χ3v) is 4.68. The van der Waals surface area contributed by atoms with Crippen LogP contribution in [-0.2, 0) is 5.41 Å². The molecule has 1 fully saturated rings. The first-order valence-corrected chi connectivity index (χ1v) is 7.41. The van der Waals surface area contributed by atoms with Gasteiger partial charge in [-0.15, -0.1) is 10.2 Å². The number of benzene rings is 1. The Morgan fingerprint density at radius 2 is 1.95 bits per heavy atom. The molecule has 20 heavy (non-hydrogen) atoms. The van der Waals surface area contributed by atoms with Crippen molar-refractivity contribution in [3.05, 3.63) is 42.5 Å². The second-order valence-electron chi connectivity index (χ2n) is 6.03. The van der Waals surface area contributed by atoms with Crippen LogP contribution in [0.1, 0.15) is 38.4 Å². The fourth-order valence-electron chi connectivity index (χ4n) is 3.21. The summed E-state index contributed by atoms with van der Waals surface area (Å²) in [5.41, 5.74) is 7.24. The minimum atomic E-state index is -0.0150. The summed E-state index contributed by atoms with van der Waals surface area (Å²) >= 11 is 0. The van der Waals surface area contributed by atoms with Crippen LogP contribution in [0.4, 0.5) is 0 Å². The molecule has 4 nitrogen and oxygen atoms in total. The summed E-state index contributed by atoms with van der Waals surface area (Å²) in [6.45, 7) is 2.97. The molecule has 2 N–H and O–H groups in total. The van der Waals surface area contributed by atoms with Gasteiger partial charge in [0.25, 0.3) is 0 Å². The number of hydrogen-bond donors (Lipinski definition) is 1. The molecule has 1 heterocycles. The van der Waals surface area contributed by atoms with Crippen molar-refractivity contribution in [2.75, 3.05) is 6.54 Å². The highest BCUT2D eigenvalue weighted by molar-refractivity contribution is 5.34. The normalized spacial score (nSPS) is 26.6. The number of rotatable bonds is 3. The third-order valence-electron chi connectivity index (χ3n) is 4.68. The van der Waals surface area contributed by atoms with Crippen molar-refractivity contribution in [3.63, 3.8) is 0 Å². The van der Waals surface area contributed by atoms with Gasteiger partial charge in [-0.05, 0) is 43.7 Å². The van der Waals surface area contributed by atoms with Crippen LogP contribution in [0.3, 0.4) is 0 Å². The van der Waals surface area contributed by atoms with E-state index in [9.17, 15) is 0 Å². The maximum atomic E-state index is 6.14. The SMILES string of the molecule is CC1CCC(CN)(c2nncn2-c2ccccc2)CC1. The van der Waals surface area contributed by atoms with E-state index in [1.807, 2.05) is 18.2 Å². The Hall–Kier alpha value is -1.68. The van der Waals surface area contributed by atoms with E-state index in [2.05, 4.69) is 33.8 Å². The molecular weight excluding hydrogens is 248 g/mol. The van der Waals surface area contributed by atoms with Gasteiger partial charge >= 0.3 is 0 Å². The van der Waals surface area contributed by atoms with E-state index < -0.39 is 0 Å². The highest BCUT2D eigenvalue weighted by Crippen LogP contribution is 2.40. The van der Waals surface area contributed by atoms with Gasteiger partial charge in [-0.25, -0.2) is 0 Å². The lowest BCUT2D eigenvalue weighted by Gasteiger charge is -2.37.